The predicted octanol–water partition coefficient (Wildman–Crippen LogP) is 4.93. The Balaban J connectivity index is 1.83. The molecule has 0 atom stereocenters. The van der Waals surface area contributed by atoms with Crippen LogP contribution in [0.25, 0.3) is 11.0 Å². The van der Waals surface area contributed by atoms with E-state index in [9.17, 15) is 4.79 Å². The maximum absolute atomic E-state index is 12.2. The number of hydrogen-bond donors (Lipinski definition) is 1. The van der Waals surface area contributed by atoms with Gasteiger partial charge in [0.05, 0.1) is 17.1 Å². The molecule has 6 heteroatoms. The summed E-state index contributed by atoms with van der Waals surface area (Å²) in [6.45, 7) is 4.02. The number of aromatic nitrogens is 1. The van der Waals surface area contributed by atoms with E-state index < -0.39 is 0 Å². The van der Waals surface area contributed by atoms with E-state index in [4.69, 9.17) is 27.7 Å². The lowest BCUT2D eigenvalue weighted by Crippen LogP contribution is -2.15. The summed E-state index contributed by atoms with van der Waals surface area (Å²) in [7, 11) is 0. The Labute approximate surface area is 143 Å². The molecule has 0 unspecified atom stereocenters. The van der Waals surface area contributed by atoms with Crippen molar-refractivity contribution in [2.75, 3.05) is 5.32 Å². The van der Waals surface area contributed by atoms with Gasteiger partial charge in [-0.3, -0.25) is 4.79 Å². The van der Waals surface area contributed by atoms with E-state index in [-0.39, 0.29) is 12.3 Å². The van der Waals surface area contributed by atoms with Crippen LogP contribution in [0.4, 0.5) is 5.69 Å². The highest BCUT2D eigenvalue weighted by atomic mass is 35.5. The van der Waals surface area contributed by atoms with Gasteiger partial charge in [-0.15, -0.1) is 0 Å². The topological polar surface area (TPSA) is 55.1 Å². The predicted molar refractivity (Wildman–Crippen MR) is 92.3 cm³/mol. The zero-order chi connectivity index (χ0) is 16.6. The lowest BCUT2D eigenvalue weighted by Gasteiger charge is -2.07. The van der Waals surface area contributed by atoms with Gasteiger partial charge in [0.2, 0.25) is 5.91 Å². The smallest absolute Gasteiger partial charge is 0.230 e. The van der Waals surface area contributed by atoms with Crippen molar-refractivity contribution >= 4 is 45.8 Å². The Bertz CT molecular complexity index is 903. The summed E-state index contributed by atoms with van der Waals surface area (Å²) in [6.07, 6.45) is 0.0956. The van der Waals surface area contributed by atoms with E-state index in [1.807, 2.05) is 26.0 Å². The third kappa shape index (κ3) is 3.33. The third-order valence-corrected chi connectivity index (χ3v) is 4.26. The number of carbonyl (C=O) groups is 1. The summed E-state index contributed by atoms with van der Waals surface area (Å²) in [6, 6.07) is 8.81. The normalized spacial score (nSPS) is 11.0. The van der Waals surface area contributed by atoms with Crippen molar-refractivity contribution in [1.29, 1.82) is 0 Å². The second-order valence-corrected chi connectivity index (χ2v) is 6.25. The number of fused-ring (bicyclic) bond motifs is 1. The van der Waals surface area contributed by atoms with Crippen molar-refractivity contribution in [3.8, 4) is 0 Å². The maximum Gasteiger partial charge on any atom is 0.230 e. The lowest BCUT2D eigenvalue weighted by atomic mass is 10.1. The summed E-state index contributed by atoms with van der Waals surface area (Å²) < 4.78 is 5.30. The van der Waals surface area contributed by atoms with Gasteiger partial charge in [-0.05, 0) is 55.3 Å². The molecule has 0 bridgehead atoms. The first-order valence-electron chi connectivity index (χ1n) is 7.04. The van der Waals surface area contributed by atoms with Crippen LogP contribution in [0.5, 0.6) is 0 Å². The Hall–Kier alpha value is -2.04. The molecule has 4 nitrogen and oxygen atoms in total. The van der Waals surface area contributed by atoms with E-state index in [1.165, 1.54) is 0 Å². The van der Waals surface area contributed by atoms with Crippen molar-refractivity contribution in [3.63, 3.8) is 0 Å². The number of rotatable bonds is 3. The quantitative estimate of drug-likeness (QED) is 0.729. The molecule has 1 N–H and O–H groups in total. The van der Waals surface area contributed by atoms with Crippen LogP contribution >= 0.6 is 23.2 Å². The van der Waals surface area contributed by atoms with Crippen LogP contribution in [0.1, 0.15) is 16.8 Å². The highest BCUT2D eigenvalue weighted by Gasteiger charge is 2.14. The fourth-order valence-corrected chi connectivity index (χ4v) is 2.65. The SMILES string of the molecule is Cc1cc2onc(CC(=O)Nc3cc(Cl)ccc3Cl)c2cc1C. The number of amides is 1. The zero-order valence-electron chi connectivity index (χ0n) is 12.6. The summed E-state index contributed by atoms with van der Waals surface area (Å²) in [5.41, 5.74) is 4.00. The fraction of sp³-hybridized carbons (Fsp3) is 0.176. The molecule has 0 radical (unpaired) electrons. The van der Waals surface area contributed by atoms with Gasteiger partial charge in [0.1, 0.15) is 5.69 Å². The minimum Gasteiger partial charge on any atom is -0.356 e. The van der Waals surface area contributed by atoms with Crippen molar-refractivity contribution in [2.24, 2.45) is 0 Å². The van der Waals surface area contributed by atoms with Gasteiger partial charge in [-0.1, -0.05) is 28.4 Å². The minimum absolute atomic E-state index is 0.0956. The van der Waals surface area contributed by atoms with Crippen molar-refractivity contribution < 1.29 is 9.32 Å². The summed E-state index contributed by atoms with van der Waals surface area (Å²) in [5.74, 6) is -0.234. The molecule has 0 spiro atoms. The number of hydrogen-bond acceptors (Lipinski definition) is 3. The fourth-order valence-electron chi connectivity index (χ4n) is 2.31. The molecule has 3 aromatic rings. The zero-order valence-corrected chi connectivity index (χ0v) is 14.1. The highest BCUT2D eigenvalue weighted by Crippen LogP contribution is 2.26. The van der Waals surface area contributed by atoms with Gasteiger partial charge in [0, 0.05) is 10.4 Å². The molecule has 1 aromatic heterocycles. The molecule has 3 rings (SSSR count). The van der Waals surface area contributed by atoms with Crippen LogP contribution in [0, 0.1) is 13.8 Å². The van der Waals surface area contributed by atoms with Gasteiger partial charge in [-0.2, -0.15) is 0 Å². The molecule has 0 saturated heterocycles. The monoisotopic (exact) mass is 348 g/mol. The molecule has 0 aliphatic rings. The first-order chi connectivity index (χ1) is 10.9. The molecule has 1 amide bonds. The number of nitrogens with one attached hydrogen (secondary N) is 1. The van der Waals surface area contributed by atoms with Crippen LogP contribution in [0.2, 0.25) is 10.0 Å². The van der Waals surface area contributed by atoms with Crippen LogP contribution in [0.15, 0.2) is 34.9 Å². The summed E-state index contributed by atoms with van der Waals surface area (Å²) in [5, 5.41) is 8.53. The number of aryl methyl sites for hydroxylation is 2. The standard InChI is InChI=1S/C17H14Cl2N2O2/c1-9-5-12-14(21-23-16(12)6-10(9)2)8-17(22)20-15-7-11(18)3-4-13(15)19/h3-7H,8H2,1-2H3,(H,20,22). The van der Waals surface area contributed by atoms with E-state index in [0.29, 0.717) is 27.0 Å². The first-order valence-corrected chi connectivity index (χ1v) is 7.80. The molecule has 2 aromatic carbocycles. The minimum atomic E-state index is -0.234. The average Bonchev–Trinajstić information content (AvgIpc) is 2.85. The molecule has 1 heterocycles. The Kier molecular flexibility index (Phi) is 4.28. The number of nitrogens with zero attached hydrogens (tertiary/aromatic N) is 1. The second-order valence-electron chi connectivity index (χ2n) is 5.41. The Morgan fingerprint density at radius 3 is 2.70 bits per heavy atom. The van der Waals surface area contributed by atoms with Gasteiger partial charge in [0.15, 0.2) is 5.58 Å². The largest absolute Gasteiger partial charge is 0.356 e. The van der Waals surface area contributed by atoms with Gasteiger partial charge in [-0.25, -0.2) is 0 Å². The van der Waals surface area contributed by atoms with Gasteiger partial charge < -0.3 is 9.84 Å². The van der Waals surface area contributed by atoms with Gasteiger partial charge >= 0.3 is 0 Å². The summed E-state index contributed by atoms with van der Waals surface area (Å²) >= 11 is 12.0. The Morgan fingerprint density at radius 1 is 1.17 bits per heavy atom. The molecule has 0 aliphatic carbocycles. The molecule has 0 aliphatic heterocycles. The summed E-state index contributed by atoms with van der Waals surface area (Å²) in [4.78, 5) is 12.2. The van der Waals surface area contributed by atoms with Crippen molar-refractivity contribution in [2.45, 2.75) is 20.3 Å². The van der Waals surface area contributed by atoms with E-state index in [0.717, 1.165) is 16.5 Å². The molecule has 0 saturated carbocycles. The van der Waals surface area contributed by atoms with Crippen molar-refractivity contribution in [3.05, 3.63) is 57.2 Å². The number of halogens is 2. The number of anilines is 1. The average molecular weight is 349 g/mol. The van der Waals surface area contributed by atoms with Gasteiger partial charge in [0.25, 0.3) is 0 Å². The lowest BCUT2D eigenvalue weighted by molar-refractivity contribution is -0.115. The first kappa shape index (κ1) is 15.8. The molecule has 0 fully saturated rings. The van der Waals surface area contributed by atoms with Crippen LogP contribution in [0.3, 0.4) is 0 Å². The van der Waals surface area contributed by atoms with E-state index in [1.54, 1.807) is 18.2 Å². The second kappa shape index (κ2) is 6.22. The van der Waals surface area contributed by atoms with Crippen LogP contribution in [-0.2, 0) is 11.2 Å². The van der Waals surface area contributed by atoms with Crippen LogP contribution < -0.4 is 5.32 Å². The molecule has 118 valence electrons. The number of carbonyl (C=O) groups excluding carboxylic acids is 1. The van der Waals surface area contributed by atoms with E-state index >= 15 is 0 Å². The highest BCUT2D eigenvalue weighted by molar-refractivity contribution is 6.35. The molecule has 23 heavy (non-hydrogen) atoms. The third-order valence-electron chi connectivity index (χ3n) is 3.69. The number of benzene rings is 2. The molecular weight excluding hydrogens is 335 g/mol. The Morgan fingerprint density at radius 2 is 1.91 bits per heavy atom. The van der Waals surface area contributed by atoms with Crippen LogP contribution in [-0.4, -0.2) is 11.1 Å². The maximum atomic E-state index is 12.2. The molecular formula is C17H14Cl2N2O2. The van der Waals surface area contributed by atoms with Crippen molar-refractivity contribution in [1.82, 2.24) is 5.16 Å². The van der Waals surface area contributed by atoms with E-state index in [2.05, 4.69) is 10.5 Å².